The van der Waals surface area contributed by atoms with E-state index in [0.29, 0.717) is 17.8 Å². The fraction of sp³-hybridized carbons (Fsp3) is 0.632. The largest absolute Gasteiger partial charge is 0.393 e. The van der Waals surface area contributed by atoms with Crippen molar-refractivity contribution in [3.05, 3.63) is 34.6 Å². The molecule has 0 heterocycles. The summed E-state index contributed by atoms with van der Waals surface area (Å²) in [6.45, 7) is 2.25. The summed E-state index contributed by atoms with van der Waals surface area (Å²) in [6.07, 6.45) is 5.65. The Morgan fingerprint density at radius 2 is 2.09 bits per heavy atom. The Morgan fingerprint density at radius 1 is 1.27 bits per heavy atom. The molecule has 0 radical (unpaired) electrons. The first kappa shape index (κ1) is 14.2. The first-order valence-electron chi connectivity index (χ1n) is 8.45. The minimum Gasteiger partial charge on any atom is -0.393 e. The zero-order valence-electron chi connectivity index (χ0n) is 13.0. The summed E-state index contributed by atoms with van der Waals surface area (Å²) < 4.78 is 14.5. The summed E-state index contributed by atoms with van der Waals surface area (Å²) in [7, 11) is 0. The Bertz CT molecular complexity index is 664. The van der Waals surface area contributed by atoms with E-state index in [9.17, 15) is 9.50 Å². The van der Waals surface area contributed by atoms with Crippen LogP contribution >= 0.6 is 0 Å². The van der Waals surface area contributed by atoms with E-state index in [-0.39, 0.29) is 22.9 Å². The molecule has 3 heteroatoms. The molecule has 0 aliphatic heterocycles. The van der Waals surface area contributed by atoms with Crippen LogP contribution in [-0.2, 0) is 6.42 Å². The average Bonchev–Trinajstić information content (AvgIpc) is 2.83. The summed E-state index contributed by atoms with van der Waals surface area (Å²) in [5.74, 6) is 1.25. The van der Waals surface area contributed by atoms with E-state index in [1.54, 1.807) is 6.07 Å². The second-order valence-electron chi connectivity index (χ2n) is 7.66. The van der Waals surface area contributed by atoms with Gasteiger partial charge in [-0.05, 0) is 78.9 Å². The van der Waals surface area contributed by atoms with Gasteiger partial charge >= 0.3 is 0 Å². The Morgan fingerprint density at radius 3 is 2.86 bits per heavy atom. The molecule has 5 atom stereocenters. The number of fused-ring (bicyclic) bond motifs is 5. The van der Waals surface area contributed by atoms with E-state index < -0.39 is 0 Å². The number of rotatable bonds is 0. The van der Waals surface area contributed by atoms with Crippen molar-refractivity contribution in [2.75, 3.05) is 0 Å². The molecule has 3 unspecified atom stereocenters. The molecule has 4 rings (SSSR count). The van der Waals surface area contributed by atoms with Crippen LogP contribution in [0.3, 0.4) is 0 Å². The maximum Gasteiger partial charge on any atom is 0.144 e. The lowest BCUT2D eigenvalue weighted by atomic mass is 9.55. The SMILES string of the molecule is C[C@]12CCC3c4ccc(C#N)c(F)c4CCC3C1CC[C@@H]2O. The van der Waals surface area contributed by atoms with Crippen molar-refractivity contribution in [1.29, 1.82) is 5.26 Å². The minimum atomic E-state index is -0.293. The normalized spacial score (nSPS) is 39.5. The molecule has 2 saturated carbocycles. The van der Waals surface area contributed by atoms with Crippen LogP contribution in [0.15, 0.2) is 12.1 Å². The molecule has 0 aromatic heterocycles. The number of aliphatic hydroxyl groups is 1. The van der Waals surface area contributed by atoms with Gasteiger partial charge in [-0.2, -0.15) is 5.26 Å². The first-order valence-corrected chi connectivity index (χ1v) is 8.45. The van der Waals surface area contributed by atoms with E-state index >= 15 is 0 Å². The molecular weight excluding hydrogens is 277 g/mol. The summed E-state index contributed by atoms with van der Waals surface area (Å²) in [5, 5.41) is 19.4. The van der Waals surface area contributed by atoms with Crippen molar-refractivity contribution in [2.45, 2.75) is 57.5 Å². The number of halogens is 1. The van der Waals surface area contributed by atoms with Gasteiger partial charge < -0.3 is 5.11 Å². The van der Waals surface area contributed by atoms with Crippen LogP contribution in [0.25, 0.3) is 0 Å². The van der Waals surface area contributed by atoms with Crippen molar-refractivity contribution in [3.63, 3.8) is 0 Å². The summed E-state index contributed by atoms with van der Waals surface area (Å²) >= 11 is 0. The Balaban J connectivity index is 1.74. The number of aliphatic hydroxyl groups excluding tert-OH is 1. The second-order valence-corrected chi connectivity index (χ2v) is 7.66. The molecule has 22 heavy (non-hydrogen) atoms. The lowest BCUT2D eigenvalue weighted by Gasteiger charge is -2.50. The van der Waals surface area contributed by atoms with E-state index in [2.05, 4.69) is 6.92 Å². The van der Waals surface area contributed by atoms with E-state index in [4.69, 9.17) is 5.26 Å². The topological polar surface area (TPSA) is 44.0 Å². The molecule has 0 bridgehead atoms. The third-order valence-electron chi connectivity index (χ3n) is 6.91. The van der Waals surface area contributed by atoms with Crippen molar-refractivity contribution in [3.8, 4) is 6.07 Å². The van der Waals surface area contributed by atoms with Gasteiger partial charge in [0.25, 0.3) is 0 Å². The molecule has 2 fully saturated rings. The molecule has 0 amide bonds. The predicted molar refractivity (Wildman–Crippen MR) is 81.7 cm³/mol. The quantitative estimate of drug-likeness (QED) is 0.789. The molecule has 1 aromatic carbocycles. The van der Waals surface area contributed by atoms with Crippen molar-refractivity contribution >= 4 is 0 Å². The van der Waals surface area contributed by atoms with Gasteiger partial charge in [0.05, 0.1) is 11.7 Å². The van der Waals surface area contributed by atoms with Crippen molar-refractivity contribution in [1.82, 2.24) is 0 Å². The maximum atomic E-state index is 14.5. The van der Waals surface area contributed by atoms with Crippen LogP contribution < -0.4 is 0 Å². The second kappa shape index (κ2) is 4.80. The maximum absolute atomic E-state index is 14.5. The lowest BCUT2D eigenvalue weighted by Crippen LogP contribution is -2.44. The molecule has 2 nitrogen and oxygen atoms in total. The van der Waals surface area contributed by atoms with Crippen LogP contribution in [0.1, 0.15) is 61.6 Å². The van der Waals surface area contributed by atoms with Crippen molar-refractivity contribution < 1.29 is 9.50 Å². The number of benzene rings is 1. The summed E-state index contributed by atoms with van der Waals surface area (Å²) in [6, 6.07) is 5.59. The van der Waals surface area contributed by atoms with Crippen LogP contribution in [-0.4, -0.2) is 11.2 Å². The average molecular weight is 299 g/mol. The molecule has 3 aliphatic carbocycles. The monoisotopic (exact) mass is 299 g/mol. The van der Waals surface area contributed by atoms with Gasteiger partial charge in [0.15, 0.2) is 0 Å². The zero-order chi connectivity index (χ0) is 15.5. The Hall–Kier alpha value is -1.40. The molecule has 116 valence electrons. The zero-order valence-corrected chi connectivity index (χ0v) is 13.0. The van der Waals surface area contributed by atoms with Crippen LogP contribution in [0, 0.1) is 34.4 Å². The molecule has 0 saturated heterocycles. The van der Waals surface area contributed by atoms with Crippen LogP contribution in [0.5, 0.6) is 0 Å². The molecule has 3 aliphatic rings. The molecule has 1 aromatic rings. The van der Waals surface area contributed by atoms with Gasteiger partial charge in [-0.3, -0.25) is 0 Å². The lowest BCUT2D eigenvalue weighted by molar-refractivity contribution is -0.0227. The summed E-state index contributed by atoms with van der Waals surface area (Å²) in [5.41, 5.74) is 2.15. The molecular formula is C19H22FNO. The highest BCUT2D eigenvalue weighted by molar-refractivity contribution is 5.43. The summed E-state index contributed by atoms with van der Waals surface area (Å²) in [4.78, 5) is 0. The van der Waals surface area contributed by atoms with Gasteiger partial charge in [0.1, 0.15) is 11.9 Å². The third kappa shape index (κ3) is 1.74. The molecule has 0 spiro atoms. The smallest absolute Gasteiger partial charge is 0.144 e. The number of hydrogen-bond donors (Lipinski definition) is 1. The number of nitrogens with zero attached hydrogens (tertiary/aromatic N) is 1. The number of nitriles is 1. The van der Waals surface area contributed by atoms with Gasteiger partial charge in [-0.1, -0.05) is 13.0 Å². The van der Waals surface area contributed by atoms with E-state index in [0.717, 1.165) is 49.7 Å². The highest BCUT2D eigenvalue weighted by Crippen LogP contribution is 2.60. The predicted octanol–water partition coefficient (Wildman–Crippen LogP) is 3.91. The first-order chi connectivity index (χ1) is 10.6. The molecule has 1 N–H and O–H groups in total. The fourth-order valence-corrected chi connectivity index (χ4v) is 5.68. The van der Waals surface area contributed by atoms with Crippen molar-refractivity contribution in [2.24, 2.45) is 17.3 Å². The third-order valence-corrected chi connectivity index (χ3v) is 6.91. The highest BCUT2D eigenvalue weighted by atomic mass is 19.1. The highest BCUT2D eigenvalue weighted by Gasteiger charge is 2.54. The number of hydrogen-bond acceptors (Lipinski definition) is 2. The van der Waals surface area contributed by atoms with E-state index in [1.807, 2.05) is 12.1 Å². The fourth-order valence-electron chi connectivity index (χ4n) is 5.68. The van der Waals surface area contributed by atoms with Gasteiger partial charge in [-0.15, -0.1) is 0 Å². The minimum absolute atomic E-state index is 0.0593. The Kier molecular flexibility index (Phi) is 3.10. The van der Waals surface area contributed by atoms with Crippen LogP contribution in [0.2, 0.25) is 0 Å². The van der Waals surface area contributed by atoms with E-state index in [1.165, 1.54) is 0 Å². The standard InChI is InChI=1S/C19H22FNO/c1-19-9-8-13-12-3-2-11(10-21)18(20)15(12)5-4-14(13)16(19)6-7-17(19)22/h2-3,13-14,16-17,22H,4-9H2,1H3/t13?,14?,16?,17-,19-/m0/s1. The van der Waals surface area contributed by atoms with Gasteiger partial charge in [0, 0.05) is 0 Å². The van der Waals surface area contributed by atoms with Gasteiger partial charge in [-0.25, -0.2) is 4.39 Å². The Labute approximate surface area is 131 Å². The van der Waals surface area contributed by atoms with Gasteiger partial charge in [0.2, 0.25) is 0 Å². The van der Waals surface area contributed by atoms with Crippen LogP contribution in [0.4, 0.5) is 4.39 Å².